The van der Waals surface area contributed by atoms with Crippen molar-refractivity contribution in [2.45, 2.75) is 35.6 Å². The first-order valence-corrected chi connectivity index (χ1v) is 8.99. The zero-order valence-electron chi connectivity index (χ0n) is 10.9. The van der Waals surface area contributed by atoms with E-state index in [1.807, 2.05) is 29.6 Å². The van der Waals surface area contributed by atoms with Gasteiger partial charge >= 0.3 is 0 Å². The highest BCUT2D eigenvalue weighted by atomic mass is 79.9. The summed E-state index contributed by atoms with van der Waals surface area (Å²) in [4.78, 5) is 0. The molecule has 106 valence electrons. The van der Waals surface area contributed by atoms with Crippen molar-refractivity contribution in [3.05, 3.63) is 34.1 Å². The van der Waals surface area contributed by atoms with Crippen LogP contribution in [0.15, 0.2) is 22.7 Å². The molecule has 0 bridgehead atoms. The molecule has 1 aliphatic heterocycles. The highest BCUT2D eigenvalue weighted by Crippen LogP contribution is 2.41. The van der Waals surface area contributed by atoms with Gasteiger partial charge in [0.1, 0.15) is 5.82 Å². The van der Waals surface area contributed by atoms with Crippen molar-refractivity contribution < 1.29 is 4.39 Å². The van der Waals surface area contributed by atoms with Crippen molar-refractivity contribution in [1.82, 2.24) is 5.43 Å². The SMILES string of the molecule is CC1SCC(C(NN)c2cc(Br)ccc2F)SC1C. The van der Waals surface area contributed by atoms with Gasteiger partial charge in [0.15, 0.2) is 0 Å². The van der Waals surface area contributed by atoms with E-state index in [1.165, 1.54) is 6.07 Å². The van der Waals surface area contributed by atoms with Crippen LogP contribution in [-0.4, -0.2) is 21.5 Å². The fourth-order valence-electron chi connectivity index (χ4n) is 2.13. The summed E-state index contributed by atoms with van der Waals surface area (Å²) in [6, 6.07) is 4.84. The average molecular weight is 365 g/mol. The van der Waals surface area contributed by atoms with Crippen LogP contribution in [0.1, 0.15) is 25.5 Å². The third-order valence-electron chi connectivity index (χ3n) is 3.42. The number of hydrogen-bond donors (Lipinski definition) is 2. The van der Waals surface area contributed by atoms with E-state index in [0.717, 1.165) is 10.2 Å². The Labute approximate surface area is 130 Å². The number of halogens is 2. The lowest BCUT2D eigenvalue weighted by Gasteiger charge is -2.35. The monoisotopic (exact) mass is 364 g/mol. The molecule has 0 spiro atoms. The summed E-state index contributed by atoms with van der Waals surface area (Å²) in [7, 11) is 0. The van der Waals surface area contributed by atoms with Crippen LogP contribution in [0.4, 0.5) is 4.39 Å². The van der Waals surface area contributed by atoms with E-state index in [9.17, 15) is 4.39 Å². The Morgan fingerprint density at radius 1 is 1.42 bits per heavy atom. The highest BCUT2D eigenvalue weighted by Gasteiger charge is 2.32. The van der Waals surface area contributed by atoms with Gasteiger partial charge in [-0.15, -0.1) is 0 Å². The molecule has 1 heterocycles. The van der Waals surface area contributed by atoms with Crippen molar-refractivity contribution in [2.24, 2.45) is 5.84 Å². The first kappa shape index (κ1) is 15.6. The molecule has 2 nitrogen and oxygen atoms in total. The van der Waals surface area contributed by atoms with E-state index < -0.39 is 0 Å². The summed E-state index contributed by atoms with van der Waals surface area (Å²) in [6.45, 7) is 4.46. The summed E-state index contributed by atoms with van der Waals surface area (Å²) in [5, 5.41) is 1.46. The third kappa shape index (κ3) is 3.67. The molecule has 0 amide bonds. The first-order valence-electron chi connectivity index (χ1n) is 6.21. The first-order chi connectivity index (χ1) is 9.02. The minimum atomic E-state index is -0.206. The predicted molar refractivity (Wildman–Crippen MR) is 86.9 cm³/mol. The molecule has 0 saturated carbocycles. The Morgan fingerprint density at radius 3 is 2.79 bits per heavy atom. The van der Waals surface area contributed by atoms with Crippen LogP contribution in [-0.2, 0) is 0 Å². The number of rotatable bonds is 3. The number of nitrogens with two attached hydrogens (primary N) is 1. The maximum atomic E-state index is 14.0. The summed E-state index contributed by atoms with van der Waals surface area (Å²) in [6.07, 6.45) is 0. The van der Waals surface area contributed by atoms with Crippen LogP contribution in [0.5, 0.6) is 0 Å². The standard InChI is InChI=1S/C13H18BrFN2S2/c1-7-8(2)19-12(6-18-7)13(17-16)10-5-9(14)3-4-11(10)15/h3-5,7-8,12-13,17H,6,16H2,1-2H3. The minimum Gasteiger partial charge on any atom is -0.271 e. The fourth-order valence-corrected chi connectivity index (χ4v) is 5.60. The molecule has 1 aromatic rings. The Kier molecular flexibility index (Phi) is 5.60. The van der Waals surface area contributed by atoms with Gasteiger partial charge in [0.2, 0.25) is 0 Å². The molecule has 2 rings (SSSR count). The van der Waals surface area contributed by atoms with Crippen LogP contribution in [0, 0.1) is 5.82 Å². The van der Waals surface area contributed by atoms with E-state index in [1.54, 1.807) is 6.07 Å². The second kappa shape index (κ2) is 6.80. The van der Waals surface area contributed by atoms with Crippen LogP contribution in [0.25, 0.3) is 0 Å². The van der Waals surface area contributed by atoms with E-state index in [4.69, 9.17) is 5.84 Å². The smallest absolute Gasteiger partial charge is 0.128 e. The molecule has 1 saturated heterocycles. The number of nitrogens with one attached hydrogen (secondary N) is 1. The highest BCUT2D eigenvalue weighted by molar-refractivity contribution is 9.10. The van der Waals surface area contributed by atoms with Gasteiger partial charge in [-0.1, -0.05) is 29.8 Å². The largest absolute Gasteiger partial charge is 0.271 e. The molecule has 6 heteroatoms. The Morgan fingerprint density at radius 2 is 2.16 bits per heavy atom. The van der Waals surface area contributed by atoms with E-state index in [-0.39, 0.29) is 17.1 Å². The van der Waals surface area contributed by atoms with Gasteiger partial charge in [0, 0.05) is 31.5 Å². The molecule has 0 radical (unpaired) electrons. The molecule has 1 fully saturated rings. The molecule has 1 aromatic carbocycles. The summed E-state index contributed by atoms with van der Waals surface area (Å²) < 4.78 is 14.9. The lowest BCUT2D eigenvalue weighted by molar-refractivity contribution is 0.509. The fraction of sp³-hybridized carbons (Fsp3) is 0.538. The summed E-state index contributed by atoms with van der Waals surface area (Å²) in [5.41, 5.74) is 3.43. The number of hydrogen-bond acceptors (Lipinski definition) is 4. The third-order valence-corrected chi connectivity index (χ3v) is 7.41. The molecule has 3 N–H and O–H groups in total. The van der Waals surface area contributed by atoms with Gasteiger partial charge in [-0.05, 0) is 18.2 Å². The molecule has 4 unspecified atom stereocenters. The maximum Gasteiger partial charge on any atom is 0.128 e. The topological polar surface area (TPSA) is 38.0 Å². The van der Waals surface area contributed by atoms with E-state index in [0.29, 0.717) is 16.1 Å². The van der Waals surface area contributed by atoms with Crippen LogP contribution in [0.2, 0.25) is 0 Å². The van der Waals surface area contributed by atoms with Gasteiger partial charge in [0.05, 0.1) is 6.04 Å². The Bertz CT molecular complexity index is 447. The van der Waals surface area contributed by atoms with Crippen molar-refractivity contribution in [3.8, 4) is 0 Å². The second-order valence-electron chi connectivity index (χ2n) is 4.73. The van der Waals surface area contributed by atoms with Gasteiger partial charge in [-0.25, -0.2) is 4.39 Å². The normalized spacial score (nSPS) is 29.2. The summed E-state index contributed by atoms with van der Waals surface area (Å²) in [5.74, 6) is 6.46. The van der Waals surface area contributed by atoms with E-state index in [2.05, 4.69) is 35.2 Å². The molecule has 19 heavy (non-hydrogen) atoms. The van der Waals surface area contributed by atoms with Crippen molar-refractivity contribution in [1.29, 1.82) is 0 Å². The number of thioether (sulfide) groups is 2. The van der Waals surface area contributed by atoms with E-state index >= 15 is 0 Å². The average Bonchev–Trinajstić information content (AvgIpc) is 2.38. The quantitative estimate of drug-likeness (QED) is 0.633. The van der Waals surface area contributed by atoms with Crippen LogP contribution in [0.3, 0.4) is 0 Å². The molecule has 1 aliphatic rings. The van der Waals surface area contributed by atoms with Crippen molar-refractivity contribution in [3.63, 3.8) is 0 Å². The molecular weight excluding hydrogens is 347 g/mol. The molecule has 0 aliphatic carbocycles. The van der Waals surface area contributed by atoms with Crippen molar-refractivity contribution in [2.75, 3.05) is 5.75 Å². The Hall–Kier alpha value is 0.250. The number of benzene rings is 1. The minimum absolute atomic E-state index is 0.162. The second-order valence-corrected chi connectivity index (χ2v) is 8.68. The van der Waals surface area contributed by atoms with Crippen LogP contribution < -0.4 is 11.3 Å². The summed E-state index contributed by atoms with van der Waals surface area (Å²) >= 11 is 7.22. The van der Waals surface area contributed by atoms with Crippen molar-refractivity contribution >= 4 is 39.5 Å². The lowest BCUT2D eigenvalue weighted by atomic mass is 10.0. The lowest BCUT2D eigenvalue weighted by Crippen LogP contribution is -2.40. The molecular formula is C13H18BrFN2S2. The number of hydrazine groups is 1. The predicted octanol–water partition coefficient (Wildman–Crippen LogP) is 3.72. The van der Waals surface area contributed by atoms with Gasteiger partial charge in [-0.3, -0.25) is 11.3 Å². The Balaban J connectivity index is 2.22. The van der Waals surface area contributed by atoms with Gasteiger partial charge < -0.3 is 0 Å². The zero-order chi connectivity index (χ0) is 14.0. The van der Waals surface area contributed by atoms with Gasteiger partial charge in [-0.2, -0.15) is 23.5 Å². The zero-order valence-corrected chi connectivity index (χ0v) is 14.1. The molecule has 0 aromatic heterocycles. The molecule has 4 atom stereocenters. The maximum absolute atomic E-state index is 14.0. The van der Waals surface area contributed by atoms with Gasteiger partial charge in [0.25, 0.3) is 0 Å². The van der Waals surface area contributed by atoms with Crippen LogP contribution >= 0.6 is 39.5 Å².